The molecular weight excluding hydrogens is 370 g/mol. The Labute approximate surface area is 159 Å². The highest BCUT2D eigenvalue weighted by atomic mass is 32.2. The standard InChI is InChI=1S/C18H23N3O5S/c1-20(2)27(23,24)21(14-8-6-5-7-9-14)13-18(22)19-16-12-15(25-3)10-11-17(16)26-4/h5-12H,13H2,1-4H3,(H,19,22). The van der Waals surface area contributed by atoms with Gasteiger partial charge in [0, 0.05) is 20.2 Å². The van der Waals surface area contributed by atoms with E-state index in [4.69, 9.17) is 9.47 Å². The second-order valence-corrected chi connectivity index (χ2v) is 7.81. The number of hydrogen-bond acceptors (Lipinski definition) is 5. The molecular formula is C18H23N3O5S. The minimum absolute atomic E-state index is 0.386. The molecule has 0 radical (unpaired) electrons. The van der Waals surface area contributed by atoms with Gasteiger partial charge in [-0.15, -0.1) is 0 Å². The normalized spacial score (nSPS) is 11.1. The second kappa shape index (κ2) is 8.74. The molecule has 8 nitrogen and oxygen atoms in total. The summed E-state index contributed by atoms with van der Waals surface area (Å²) in [5.74, 6) is 0.452. The number of rotatable bonds is 8. The summed E-state index contributed by atoms with van der Waals surface area (Å²) in [5.41, 5.74) is 0.774. The molecule has 0 bridgehead atoms. The van der Waals surface area contributed by atoms with E-state index < -0.39 is 22.7 Å². The minimum atomic E-state index is -3.86. The monoisotopic (exact) mass is 393 g/mol. The first-order valence-corrected chi connectivity index (χ1v) is 9.46. The topological polar surface area (TPSA) is 88.2 Å². The van der Waals surface area contributed by atoms with Gasteiger partial charge in [-0.25, -0.2) is 4.31 Å². The number of benzene rings is 2. The second-order valence-electron chi connectivity index (χ2n) is 5.75. The van der Waals surface area contributed by atoms with Gasteiger partial charge in [0.1, 0.15) is 18.0 Å². The summed E-state index contributed by atoms with van der Waals surface area (Å²) in [6.45, 7) is -0.398. The number of ether oxygens (including phenoxy) is 2. The lowest BCUT2D eigenvalue weighted by Crippen LogP contribution is -2.44. The van der Waals surface area contributed by atoms with Crippen LogP contribution in [0.1, 0.15) is 0 Å². The number of carbonyl (C=O) groups excluding carboxylic acids is 1. The smallest absolute Gasteiger partial charge is 0.304 e. The van der Waals surface area contributed by atoms with Crippen molar-refractivity contribution in [1.29, 1.82) is 0 Å². The predicted octanol–water partition coefficient (Wildman–Crippen LogP) is 1.96. The first-order chi connectivity index (χ1) is 12.8. The van der Waals surface area contributed by atoms with Crippen molar-refractivity contribution < 1.29 is 22.7 Å². The van der Waals surface area contributed by atoms with E-state index in [2.05, 4.69) is 5.32 Å². The lowest BCUT2D eigenvalue weighted by atomic mass is 10.2. The first kappa shape index (κ1) is 20.5. The van der Waals surface area contributed by atoms with Crippen molar-refractivity contribution in [1.82, 2.24) is 4.31 Å². The molecule has 1 N–H and O–H groups in total. The van der Waals surface area contributed by atoms with Gasteiger partial charge < -0.3 is 14.8 Å². The summed E-state index contributed by atoms with van der Waals surface area (Å²) < 4.78 is 37.8. The van der Waals surface area contributed by atoms with Crippen molar-refractivity contribution in [3.05, 3.63) is 48.5 Å². The predicted molar refractivity (Wildman–Crippen MR) is 105 cm³/mol. The van der Waals surface area contributed by atoms with Gasteiger partial charge in [-0.1, -0.05) is 18.2 Å². The van der Waals surface area contributed by atoms with Crippen LogP contribution in [0.25, 0.3) is 0 Å². The summed E-state index contributed by atoms with van der Waals surface area (Å²) in [4.78, 5) is 12.6. The molecule has 0 saturated heterocycles. The molecule has 146 valence electrons. The largest absolute Gasteiger partial charge is 0.497 e. The van der Waals surface area contributed by atoms with E-state index in [0.29, 0.717) is 22.9 Å². The third-order valence-electron chi connectivity index (χ3n) is 3.75. The van der Waals surface area contributed by atoms with Gasteiger partial charge in [-0.2, -0.15) is 12.7 Å². The van der Waals surface area contributed by atoms with Crippen molar-refractivity contribution >= 4 is 27.5 Å². The van der Waals surface area contributed by atoms with E-state index >= 15 is 0 Å². The molecule has 9 heteroatoms. The van der Waals surface area contributed by atoms with Crippen LogP contribution in [0.5, 0.6) is 11.5 Å². The molecule has 0 fully saturated rings. The molecule has 2 aromatic carbocycles. The number of hydrogen-bond donors (Lipinski definition) is 1. The van der Waals surface area contributed by atoms with Gasteiger partial charge in [0.05, 0.1) is 25.6 Å². The van der Waals surface area contributed by atoms with Crippen LogP contribution >= 0.6 is 0 Å². The summed E-state index contributed by atoms with van der Waals surface area (Å²) >= 11 is 0. The van der Waals surface area contributed by atoms with Gasteiger partial charge in [0.2, 0.25) is 5.91 Å². The quantitative estimate of drug-likeness (QED) is 0.741. The highest BCUT2D eigenvalue weighted by Gasteiger charge is 2.27. The number of anilines is 2. The summed E-state index contributed by atoms with van der Waals surface area (Å²) in [5, 5.41) is 2.68. The van der Waals surface area contributed by atoms with Crippen LogP contribution in [-0.2, 0) is 15.0 Å². The Bertz CT molecular complexity index is 885. The van der Waals surface area contributed by atoms with Crippen LogP contribution in [0, 0.1) is 0 Å². The van der Waals surface area contributed by atoms with Crippen LogP contribution in [-0.4, -0.2) is 53.5 Å². The van der Waals surface area contributed by atoms with E-state index in [1.807, 2.05) is 0 Å². The molecule has 2 rings (SSSR count). The summed E-state index contributed by atoms with van der Waals surface area (Å²) in [7, 11) is 1.95. The van der Waals surface area contributed by atoms with Gasteiger partial charge in [0.15, 0.2) is 0 Å². The zero-order valence-corrected chi connectivity index (χ0v) is 16.5. The third kappa shape index (κ3) is 4.89. The van der Waals surface area contributed by atoms with Crippen LogP contribution in [0.4, 0.5) is 11.4 Å². The van der Waals surface area contributed by atoms with Crippen LogP contribution in [0.3, 0.4) is 0 Å². The summed E-state index contributed by atoms with van der Waals surface area (Å²) in [6, 6.07) is 13.4. The zero-order valence-electron chi connectivity index (χ0n) is 15.7. The molecule has 0 aliphatic rings. The van der Waals surface area contributed by atoms with E-state index in [1.54, 1.807) is 48.5 Å². The maximum atomic E-state index is 12.7. The summed E-state index contributed by atoms with van der Waals surface area (Å²) in [6.07, 6.45) is 0. The first-order valence-electron chi connectivity index (χ1n) is 8.06. The Morgan fingerprint density at radius 2 is 1.70 bits per heavy atom. The molecule has 27 heavy (non-hydrogen) atoms. The molecule has 0 atom stereocenters. The Hall–Kier alpha value is -2.78. The highest BCUT2D eigenvalue weighted by Crippen LogP contribution is 2.29. The Kier molecular flexibility index (Phi) is 6.65. The number of carbonyl (C=O) groups is 1. The van der Waals surface area contributed by atoms with Crippen molar-refractivity contribution in [3.8, 4) is 11.5 Å². The van der Waals surface area contributed by atoms with E-state index in [1.165, 1.54) is 28.3 Å². The van der Waals surface area contributed by atoms with E-state index in [0.717, 1.165) is 8.61 Å². The molecule has 0 aliphatic carbocycles. The van der Waals surface area contributed by atoms with Gasteiger partial charge in [-0.3, -0.25) is 4.79 Å². The molecule has 0 aliphatic heterocycles. The minimum Gasteiger partial charge on any atom is -0.497 e. The van der Waals surface area contributed by atoms with Gasteiger partial charge in [-0.05, 0) is 24.3 Å². The maximum Gasteiger partial charge on any atom is 0.304 e. The molecule has 0 saturated carbocycles. The zero-order chi connectivity index (χ0) is 20.0. The fourth-order valence-corrected chi connectivity index (χ4v) is 3.39. The molecule has 2 aromatic rings. The van der Waals surface area contributed by atoms with Crippen LogP contribution < -0.4 is 19.1 Å². The average Bonchev–Trinajstić information content (AvgIpc) is 2.66. The highest BCUT2D eigenvalue weighted by molar-refractivity contribution is 7.90. The van der Waals surface area contributed by atoms with Crippen LogP contribution in [0.15, 0.2) is 48.5 Å². The Morgan fingerprint density at radius 1 is 1.04 bits per heavy atom. The maximum absolute atomic E-state index is 12.7. The van der Waals surface area contributed by atoms with Gasteiger partial charge >= 0.3 is 10.2 Å². The SMILES string of the molecule is COc1ccc(OC)c(NC(=O)CN(c2ccccc2)S(=O)(=O)N(C)C)c1. The number of nitrogens with one attached hydrogen (secondary N) is 1. The molecule has 1 amide bonds. The van der Waals surface area contributed by atoms with Crippen molar-refractivity contribution in [2.24, 2.45) is 0 Å². The lowest BCUT2D eigenvalue weighted by molar-refractivity contribution is -0.114. The van der Waals surface area contributed by atoms with E-state index in [9.17, 15) is 13.2 Å². The number of amides is 1. The van der Waals surface area contributed by atoms with Crippen molar-refractivity contribution in [2.75, 3.05) is 44.5 Å². The number of nitrogens with zero attached hydrogens (tertiary/aromatic N) is 2. The molecule has 0 heterocycles. The van der Waals surface area contributed by atoms with Crippen molar-refractivity contribution in [3.63, 3.8) is 0 Å². The Morgan fingerprint density at radius 3 is 2.26 bits per heavy atom. The third-order valence-corrected chi connectivity index (χ3v) is 5.57. The number of para-hydroxylation sites is 1. The molecule has 0 unspecified atom stereocenters. The molecule has 0 spiro atoms. The van der Waals surface area contributed by atoms with Gasteiger partial charge in [0.25, 0.3) is 0 Å². The molecule has 0 aromatic heterocycles. The average molecular weight is 393 g/mol. The van der Waals surface area contributed by atoms with Crippen LogP contribution in [0.2, 0.25) is 0 Å². The van der Waals surface area contributed by atoms with Crippen molar-refractivity contribution in [2.45, 2.75) is 0 Å². The van der Waals surface area contributed by atoms with E-state index in [-0.39, 0.29) is 0 Å². The fraction of sp³-hybridized carbons (Fsp3) is 0.278. The lowest BCUT2D eigenvalue weighted by Gasteiger charge is -2.27. The fourth-order valence-electron chi connectivity index (χ4n) is 2.33. The number of methoxy groups -OCH3 is 2. The Balaban J connectivity index is 2.30.